The molecule has 0 amide bonds. The molecule has 1 unspecified atom stereocenters. The number of piperidine rings is 1. The number of aryl methyl sites for hydroxylation is 2. The molecular formula is C21H33IN6. The van der Waals surface area contributed by atoms with E-state index >= 15 is 0 Å². The van der Waals surface area contributed by atoms with Crippen molar-refractivity contribution in [3.8, 4) is 0 Å². The van der Waals surface area contributed by atoms with E-state index < -0.39 is 0 Å². The van der Waals surface area contributed by atoms with Crippen LogP contribution in [0.5, 0.6) is 0 Å². The molecule has 6 nitrogen and oxygen atoms in total. The second-order valence-electron chi connectivity index (χ2n) is 7.31. The molecule has 1 aromatic heterocycles. The Morgan fingerprint density at radius 2 is 2.00 bits per heavy atom. The lowest BCUT2D eigenvalue weighted by molar-refractivity contribution is 0.467. The summed E-state index contributed by atoms with van der Waals surface area (Å²) >= 11 is 0. The van der Waals surface area contributed by atoms with Gasteiger partial charge in [-0.3, -0.25) is 9.67 Å². The van der Waals surface area contributed by atoms with Gasteiger partial charge in [-0.05, 0) is 51.3 Å². The summed E-state index contributed by atoms with van der Waals surface area (Å²) in [6.07, 6.45) is 6.30. The topological polar surface area (TPSA) is 57.5 Å². The Labute approximate surface area is 185 Å². The molecular weight excluding hydrogens is 463 g/mol. The fourth-order valence-electron chi connectivity index (χ4n) is 3.45. The molecule has 7 heteroatoms. The van der Waals surface area contributed by atoms with Crippen molar-refractivity contribution >= 4 is 35.6 Å². The van der Waals surface area contributed by atoms with Gasteiger partial charge in [-0.1, -0.05) is 17.7 Å². The molecule has 1 aromatic carbocycles. The molecule has 1 saturated heterocycles. The van der Waals surface area contributed by atoms with Crippen LogP contribution in [0.1, 0.15) is 30.9 Å². The van der Waals surface area contributed by atoms with Gasteiger partial charge in [-0.25, -0.2) is 0 Å². The van der Waals surface area contributed by atoms with Gasteiger partial charge in [0.2, 0.25) is 0 Å². The monoisotopic (exact) mass is 496 g/mol. The lowest BCUT2D eigenvalue weighted by Crippen LogP contribution is -2.51. The predicted octanol–water partition coefficient (Wildman–Crippen LogP) is 3.34. The van der Waals surface area contributed by atoms with Gasteiger partial charge in [-0.2, -0.15) is 5.10 Å². The number of nitrogens with one attached hydrogen (secondary N) is 2. The van der Waals surface area contributed by atoms with Crippen LogP contribution in [0.25, 0.3) is 0 Å². The molecule has 1 aliphatic rings. The molecule has 0 saturated carbocycles. The summed E-state index contributed by atoms with van der Waals surface area (Å²) in [7, 11) is 0. The summed E-state index contributed by atoms with van der Waals surface area (Å²) < 4.78 is 1.95. The lowest BCUT2D eigenvalue weighted by Gasteiger charge is -2.35. The average molecular weight is 496 g/mol. The molecule has 0 spiro atoms. The van der Waals surface area contributed by atoms with Gasteiger partial charge in [-0.15, -0.1) is 24.0 Å². The average Bonchev–Trinajstić information content (AvgIpc) is 3.08. The number of guanidine groups is 1. The van der Waals surface area contributed by atoms with E-state index in [4.69, 9.17) is 4.99 Å². The van der Waals surface area contributed by atoms with Crippen LogP contribution in [0.3, 0.4) is 0 Å². The van der Waals surface area contributed by atoms with Gasteiger partial charge in [0, 0.05) is 37.6 Å². The highest BCUT2D eigenvalue weighted by Crippen LogP contribution is 2.20. The molecule has 2 heterocycles. The predicted molar refractivity (Wildman–Crippen MR) is 128 cm³/mol. The smallest absolute Gasteiger partial charge is 0.191 e. The molecule has 2 N–H and O–H groups in total. The van der Waals surface area contributed by atoms with E-state index in [-0.39, 0.29) is 24.0 Å². The lowest BCUT2D eigenvalue weighted by atomic mass is 10.0. The van der Waals surface area contributed by atoms with Gasteiger partial charge in [0.1, 0.15) is 0 Å². The Morgan fingerprint density at radius 1 is 1.21 bits per heavy atom. The van der Waals surface area contributed by atoms with E-state index in [2.05, 4.69) is 71.9 Å². The molecule has 0 radical (unpaired) electrons. The summed E-state index contributed by atoms with van der Waals surface area (Å²) in [5.74, 6) is 0.900. The number of benzene rings is 1. The first-order valence-corrected chi connectivity index (χ1v) is 9.99. The van der Waals surface area contributed by atoms with Crippen LogP contribution in [0.4, 0.5) is 5.69 Å². The van der Waals surface area contributed by atoms with Crippen LogP contribution in [0.2, 0.25) is 0 Å². The van der Waals surface area contributed by atoms with E-state index in [1.54, 1.807) is 0 Å². The van der Waals surface area contributed by atoms with Gasteiger partial charge in [0.15, 0.2) is 5.96 Å². The number of rotatable bonds is 6. The normalized spacial score (nSPS) is 17.2. The Morgan fingerprint density at radius 3 is 2.68 bits per heavy atom. The van der Waals surface area contributed by atoms with Crippen molar-refractivity contribution in [1.82, 2.24) is 20.4 Å². The number of aliphatic imine (C=N–C) groups is 1. The van der Waals surface area contributed by atoms with Gasteiger partial charge in [0.05, 0.1) is 19.3 Å². The molecule has 1 atom stereocenters. The molecule has 0 aliphatic carbocycles. The van der Waals surface area contributed by atoms with Crippen LogP contribution < -0.4 is 15.5 Å². The van der Waals surface area contributed by atoms with Crippen molar-refractivity contribution in [2.75, 3.05) is 31.1 Å². The molecule has 28 heavy (non-hydrogen) atoms. The third-order valence-corrected chi connectivity index (χ3v) is 4.87. The van der Waals surface area contributed by atoms with Crippen LogP contribution in [-0.4, -0.2) is 48.0 Å². The number of anilines is 1. The van der Waals surface area contributed by atoms with Crippen molar-refractivity contribution in [1.29, 1.82) is 0 Å². The van der Waals surface area contributed by atoms with Crippen molar-refractivity contribution in [2.24, 2.45) is 4.99 Å². The highest BCUT2D eigenvalue weighted by atomic mass is 127. The summed E-state index contributed by atoms with van der Waals surface area (Å²) in [5, 5.41) is 11.3. The van der Waals surface area contributed by atoms with Crippen molar-refractivity contribution in [3.63, 3.8) is 0 Å². The number of aromatic nitrogens is 2. The maximum absolute atomic E-state index is 4.74. The standard InChI is InChI=1S/C21H32N6.HI/c1-4-22-21(23-11-13-27-15-18(3)14-24-27)25-19-6-5-12-26(16-19)20-9-7-17(2)8-10-20;/h7-10,14-15,19H,4-6,11-13,16H2,1-3H3,(H2,22,23,25);1H. The highest BCUT2D eigenvalue weighted by molar-refractivity contribution is 14.0. The van der Waals surface area contributed by atoms with Gasteiger partial charge in [0.25, 0.3) is 0 Å². The Balaban J connectivity index is 0.00000280. The summed E-state index contributed by atoms with van der Waals surface area (Å²) in [6.45, 7) is 10.8. The van der Waals surface area contributed by atoms with Gasteiger partial charge >= 0.3 is 0 Å². The van der Waals surface area contributed by atoms with Crippen molar-refractivity contribution in [2.45, 2.75) is 46.2 Å². The number of hydrogen-bond acceptors (Lipinski definition) is 3. The molecule has 2 aromatic rings. The first-order chi connectivity index (χ1) is 13.1. The van der Waals surface area contributed by atoms with Crippen molar-refractivity contribution in [3.05, 3.63) is 47.8 Å². The van der Waals surface area contributed by atoms with Crippen LogP contribution in [0.15, 0.2) is 41.7 Å². The number of nitrogens with zero attached hydrogens (tertiary/aromatic N) is 4. The Kier molecular flexibility index (Phi) is 9.08. The maximum Gasteiger partial charge on any atom is 0.191 e. The molecule has 3 rings (SSSR count). The van der Waals surface area contributed by atoms with Crippen LogP contribution in [-0.2, 0) is 6.54 Å². The zero-order valence-electron chi connectivity index (χ0n) is 17.2. The minimum atomic E-state index is 0. The number of halogens is 1. The van der Waals surface area contributed by atoms with E-state index in [0.717, 1.165) is 32.1 Å². The van der Waals surface area contributed by atoms with E-state index in [1.807, 2.05) is 10.9 Å². The first-order valence-electron chi connectivity index (χ1n) is 9.99. The summed E-state index contributed by atoms with van der Waals surface area (Å²) in [5.41, 5.74) is 3.80. The minimum absolute atomic E-state index is 0. The Hall–Kier alpha value is -1.77. The van der Waals surface area contributed by atoms with E-state index in [1.165, 1.54) is 29.7 Å². The quantitative estimate of drug-likeness (QED) is 0.366. The van der Waals surface area contributed by atoms with E-state index in [0.29, 0.717) is 12.6 Å². The summed E-state index contributed by atoms with van der Waals surface area (Å²) in [6, 6.07) is 9.24. The third-order valence-electron chi connectivity index (χ3n) is 4.87. The largest absolute Gasteiger partial charge is 0.369 e. The number of hydrogen-bond donors (Lipinski definition) is 2. The zero-order chi connectivity index (χ0) is 19.1. The third kappa shape index (κ3) is 6.68. The molecule has 1 fully saturated rings. The molecule has 0 bridgehead atoms. The highest BCUT2D eigenvalue weighted by Gasteiger charge is 2.20. The van der Waals surface area contributed by atoms with E-state index in [9.17, 15) is 0 Å². The Bertz CT molecular complexity index is 740. The zero-order valence-corrected chi connectivity index (χ0v) is 19.5. The second kappa shape index (κ2) is 11.3. The minimum Gasteiger partial charge on any atom is -0.369 e. The van der Waals surface area contributed by atoms with Crippen LogP contribution in [0, 0.1) is 13.8 Å². The maximum atomic E-state index is 4.74. The summed E-state index contributed by atoms with van der Waals surface area (Å²) in [4.78, 5) is 7.21. The SMILES string of the molecule is CCNC(=NCCn1cc(C)cn1)NC1CCCN(c2ccc(C)cc2)C1.I. The van der Waals surface area contributed by atoms with Crippen molar-refractivity contribution < 1.29 is 0 Å². The fraction of sp³-hybridized carbons (Fsp3) is 0.524. The second-order valence-corrected chi connectivity index (χ2v) is 7.31. The molecule has 1 aliphatic heterocycles. The fourth-order valence-corrected chi connectivity index (χ4v) is 3.45. The molecule has 154 valence electrons. The van der Waals surface area contributed by atoms with Crippen LogP contribution >= 0.6 is 24.0 Å². The van der Waals surface area contributed by atoms with Gasteiger partial charge < -0.3 is 15.5 Å². The first kappa shape index (κ1) is 22.5.